The number of hydrogen-bond acceptors (Lipinski definition) is 2. The summed E-state index contributed by atoms with van der Waals surface area (Å²) in [4.78, 5) is 24.3. The first-order valence-electron chi connectivity index (χ1n) is 5.21. The molecule has 1 aromatic carbocycles. The molecule has 4 heteroatoms. The van der Waals surface area contributed by atoms with Gasteiger partial charge >= 0.3 is 0 Å². The van der Waals surface area contributed by atoms with Crippen molar-refractivity contribution in [3.05, 3.63) is 35.9 Å². The highest BCUT2D eigenvalue weighted by Gasteiger charge is 2.34. The average Bonchev–Trinajstić information content (AvgIpc) is 2.62. The van der Waals surface area contributed by atoms with Gasteiger partial charge in [0.2, 0.25) is 11.1 Å². The highest BCUT2D eigenvalue weighted by atomic mass is 35.5. The molecule has 84 valence electrons. The molecule has 0 radical (unpaired) electrons. The fourth-order valence-corrected chi connectivity index (χ4v) is 2.17. The summed E-state index contributed by atoms with van der Waals surface area (Å²) in [6.07, 6.45) is 0.948. The maximum absolute atomic E-state index is 11.6. The van der Waals surface area contributed by atoms with E-state index >= 15 is 0 Å². The number of nitrogens with zero attached hydrogens (tertiary/aromatic N) is 1. The van der Waals surface area contributed by atoms with Gasteiger partial charge in [0.05, 0.1) is 0 Å². The van der Waals surface area contributed by atoms with E-state index in [1.54, 1.807) is 4.90 Å². The lowest BCUT2D eigenvalue weighted by molar-refractivity contribution is -0.132. The molecular formula is C12H12ClNO2. The van der Waals surface area contributed by atoms with Crippen LogP contribution in [-0.4, -0.2) is 22.1 Å². The molecule has 1 aliphatic rings. The van der Waals surface area contributed by atoms with Gasteiger partial charge in [0, 0.05) is 13.0 Å². The van der Waals surface area contributed by atoms with Crippen LogP contribution in [0, 0.1) is 0 Å². The quantitative estimate of drug-likeness (QED) is 0.754. The lowest BCUT2D eigenvalue weighted by atomic mass is 10.2. The highest BCUT2D eigenvalue weighted by Crippen LogP contribution is 2.23. The molecule has 0 spiro atoms. The summed E-state index contributed by atoms with van der Waals surface area (Å²) >= 11 is 5.48. The van der Waals surface area contributed by atoms with E-state index in [0.717, 1.165) is 5.56 Å². The van der Waals surface area contributed by atoms with E-state index in [-0.39, 0.29) is 5.91 Å². The van der Waals surface area contributed by atoms with Crippen molar-refractivity contribution in [3.63, 3.8) is 0 Å². The van der Waals surface area contributed by atoms with E-state index in [4.69, 9.17) is 11.6 Å². The number of carbonyl (C=O) groups excluding carboxylic acids is 2. The predicted octanol–water partition coefficient (Wildman–Crippen LogP) is 1.94. The van der Waals surface area contributed by atoms with Gasteiger partial charge in [-0.3, -0.25) is 9.59 Å². The van der Waals surface area contributed by atoms with Crippen LogP contribution in [0.2, 0.25) is 0 Å². The molecule has 0 aromatic heterocycles. The zero-order valence-corrected chi connectivity index (χ0v) is 9.48. The second kappa shape index (κ2) is 4.66. The molecule has 16 heavy (non-hydrogen) atoms. The van der Waals surface area contributed by atoms with Gasteiger partial charge in [-0.15, -0.1) is 0 Å². The maximum atomic E-state index is 11.6. The lowest BCUT2D eigenvalue weighted by Gasteiger charge is -2.21. The Morgan fingerprint density at radius 2 is 2.06 bits per heavy atom. The molecule has 1 saturated heterocycles. The number of hydrogen-bond donors (Lipinski definition) is 0. The molecule has 1 unspecified atom stereocenters. The number of amides is 1. The molecular weight excluding hydrogens is 226 g/mol. The molecule has 0 aliphatic carbocycles. The second-order valence-corrected chi connectivity index (χ2v) is 4.24. The molecule has 1 heterocycles. The van der Waals surface area contributed by atoms with Gasteiger partial charge in [-0.1, -0.05) is 30.3 Å². The van der Waals surface area contributed by atoms with Crippen molar-refractivity contribution in [1.29, 1.82) is 0 Å². The molecule has 0 bridgehead atoms. The van der Waals surface area contributed by atoms with Gasteiger partial charge < -0.3 is 4.90 Å². The van der Waals surface area contributed by atoms with Gasteiger partial charge in [-0.25, -0.2) is 0 Å². The Hall–Kier alpha value is -1.35. The van der Waals surface area contributed by atoms with Crippen molar-refractivity contribution >= 4 is 22.8 Å². The zero-order chi connectivity index (χ0) is 11.5. The van der Waals surface area contributed by atoms with Crippen LogP contribution in [0.4, 0.5) is 0 Å². The van der Waals surface area contributed by atoms with Crippen molar-refractivity contribution in [1.82, 2.24) is 4.90 Å². The van der Waals surface area contributed by atoms with Crippen LogP contribution in [0.1, 0.15) is 18.4 Å². The molecule has 0 N–H and O–H groups in total. The first-order chi connectivity index (χ1) is 7.68. The summed E-state index contributed by atoms with van der Waals surface area (Å²) in [5.41, 5.74) is 1.01. The van der Waals surface area contributed by atoms with E-state index in [1.807, 2.05) is 30.3 Å². The third-order valence-electron chi connectivity index (χ3n) is 2.79. The lowest BCUT2D eigenvalue weighted by Crippen LogP contribution is -2.36. The smallest absolute Gasteiger partial charge is 0.244 e. The molecule has 1 aromatic rings. The van der Waals surface area contributed by atoms with Gasteiger partial charge in [-0.2, -0.15) is 0 Å². The Labute approximate surface area is 99.0 Å². The van der Waals surface area contributed by atoms with Gasteiger partial charge in [0.1, 0.15) is 6.04 Å². The van der Waals surface area contributed by atoms with Crippen LogP contribution >= 0.6 is 11.6 Å². The topological polar surface area (TPSA) is 37.4 Å². The second-order valence-electron chi connectivity index (χ2n) is 3.87. The highest BCUT2D eigenvalue weighted by molar-refractivity contribution is 6.64. The first-order valence-corrected chi connectivity index (χ1v) is 5.59. The molecule has 1 amide bonds. The maximum Gasteiger partial charge on any atom is 0.244 e. The normalized spacial score (nSPS) is 20.2. The number of halogens is 1. The number of likely N-dealkylation sites (tertiary alicyclic amines) is 1. The Bertz CT molecular complexity index is 405. The average molecular weight is 238 g/mol. The summed E-state index contributed by atoms with van der Waals surface area (Å²) in [6, 6.07) is 9.15. The fraction of sp³-hybridized carbons (Fsp3) is 0.333. The third kappa shape index (κ3) is 2.25. The number of rotatable bonds is 3. The molecule has 2 rings (SSSR count). The summed E-state index contributed by atoms with van der Waals surface area (Å²) < 4.78 is 0. The zero-order valence-electron chi connectivity index (χ0n) is 8.73. The van der Waals surface area contributed by atoms with Gasteiger partial charge in [0.25, 0.3) is 0 Å². The SMILES string of the molecule is O=C(Cl)C1CCC(=O)N1Cc1ccccc1. The summed E-state index contributed by atoms with van der Waals surface area (Å²) in [5, 5.41) is -0.443. The molecule has 1 fully saturated rings. The van der Waals surface area contributed by atoms with Crippen LogP contribution < -0.4 is 0 Å². The van der Waals surface area contributed by atoms with Gasteiger partial charge in [-0.05, 0) is 23.6 Å². The molecule has 3 nitrogen and oxygen atoms in total. The van der Waals surface area contributed by atoms with Crippen molar-refractivity contribution in [2.24, 2.45) is 0 Å². The van der Waals surface area contributed by atoms with Crippen LogP contribution in [0.3, 0.4) is 0 Å². The minimum atomic E-state index is -0.450. The Morgan fingerprint density at radius 1 is 1.38 bits per heavy atom. The molecule has 0 saturated carbocycles. The Kier molecular flexibility index (Phi) is 3.25. The summed E-state index contributed by atoms with van der Waals surface area (Å²) in [5.74, 6) is 0.00264. The van der Waals surface area contributed by atoms with Crippen molar-refractivity contribution in [2.45, 2.75) is 25.4 Å². The largest absolute Gasteiger partial charge is 0.327 e. The number of benzene rings is 1. The van der Waals surface area contributed by atoms with Crippen LogP contribution in [0.15, 0.2) is 30.3 Å². The van der Waals surface area contributed by atoms with E-state index in [9.17, 15) is 9.59 Å². The standard InChI is InChI=1S/C12H12ClNO2/c13-12(16)10-6-7-11(15)14(10)8-9-4-2-1-3-5-9/h1-5,10H,6-8H2. The Morgan fingerprint density at radius 3 is 2.69 bits per heavy atom. The van der Waals surface area contributed by atoms with Crippen LogP contribution in [0.5, 0.6) is 0 Å². The van der Waals surface area contributed by atoms with E-state index in [2.05, 4.69) is 0 Å². The van der Waals surface area contributed by atoms with Crippen molar-refractivity contribution in [2.75, 3.05) is 0 Å². The van der Waals surface area contributed by atoms with Crippen LogP contribution in [0.25, 0.3) is 0 Å². The van der Waals surface area contributed by atoms with E-state index < -0.39 is 11.3 Å². The molecule has 1 atom stereocenters. The Balaban J connectivity index is 2.13. The van der Waals surface area contributed by atoms with E-state index in [1.165, 1.54) is 0 Å². The first kappa shape index (κ1) is 11.1. The summed E-state index contributed by atoms with van der Waals surface area (Å²) in [7, 11) is 0. The monoisotopic (exact) mass is 237 g/mol. The fourth-order valence-electron chi connectivity index (χ4n) is 1.95. The summed E-state index contributed by atoms with van der Waals surface area (Å²) in [6.45, 7) is 0.461. The third-order valence-corrected chi connectivity index (χ3v) is 3.04. The molecule has 1 aliphatic heterocycles. The minimum Gasteiger partial charge on any atom is -0.327 e. The van der Waals surface area contributed by atoms with Crippen LogP contribution in [-0.2, 0) is 16.1 Å². The van der Waals surface area contributed by atoms with Crippen molar-refractivity contribution in [3.8, 4) is 0 Å². The van der Waals surface area contributed by atoms with Gasteiger partial charge in [0.15, 0.2) is 0 Å². The van der Waals surface area contributed by atoms with E-state index in [0.29, 0.717) is 19.4 Å². The van der Waals surface area contributed by atoms with Crippen molar-refractivity contribution < 1.29 is 9.59 Å². The minimum absolute atomic E-state index is 0.00264. The number of carbonyl (C=O) groups is 2. The predicted molar refractivity (Wildman–Crippen MR) is 60.9 cm³/mol.